The van der Waals surface area contributed by atoms with Crippen molar-refractivity contribution in [2.24, 2.45) is 0 Å². The summed E-state index contributed by atoms with van der Waals surface area (Å²) in [5, 5.41) is 0. The normalized spacial score (nSPS) is 11.0. The van der Waals surface area contributed by atoms with Crippen molar-refractivity contribution in [3.8, 4) is 0 Å². The van der Waals surface area contributed by atoms with Gasteiger partial charge in [0.25, 0.3) is 0 Å². The van der Waals surface area contributed by atoms with Crippen LogP contribution in [0.1, 0.15) is 20.3 Å². The average molecular weight is 240 g/mol. The van der Waals surface area contributed by atoms with Gasteiger partial charge >= 0.3 is 0 Å². The molecule has 0 aromatic heterocycles. The number of rotatable bonds is 7. The molecule has 0 unspecified atom stereocenters. The Morgan fingerprint density at radius 2 is 2.14 bits per heavy atom. The molecular weight excluding hydrogens is 225 g/mol. The minimum absolute atomic E-state index is 0.190. The molecule has 5 heteroatoms. The van der Waals surface area contributed by atoms with Gasteiger partial charge in [0.2, 0.25) is 0 Å². The molecule has 1 N–H and O–H groups in total. The number of halogens is 2. The summed E-state index contributed by atoms with van der Waals surface area (Å²) in [5.74, 6) is 0. The lowest BCUT2D eigenvalue weighted by Crippen LogP contribution is -2.12. The second-order valence-electron chi connectivity index (χ2n) is 2.58. The van der Waals surface area contributed by atoms with Crippen LogP contribution in [-0.2, 0) is 9.57 Å². The summed E-state index contributed by atoms with van der Waals surface area (Å²) in [6, 6.07) is 0. The maximum absolute atomic E-state index is 5.37. The maximum Gasteiger partial charge on any atom is 0.105 e. The first-order valence-corrected chi connectivity index (χ1v) is 5.09. The molecule has 14 heavy (non-hydrogen) atoms. The van der Waals surface area contributed by atoms with E-state index in [1.54, 1.807) is 6.26 Å². The highest BCUT2D eigenvalue weighted by Crippen LogP contribution is 2.04. The van der Waals surface area contributed by atoms with Crippen molar-refractivity contribution in [2.75, 3.05) is 13.2 Å². The Morgan fingerprint density at radius 3 is 2.71 bits per heavy atom. The smallest absolute Gasteiger partial charge is 0.105 e. The van der Waals surface area contributed by atoms with Crippen molar-refractivity contribution in [1.29, 1.82) is 0 Å². The van der Waals surface area contributed by atoms with E-state index in [1.165, 1.54) is 6.08 Å². The van der Waals surface area contributed by atoms with E-state index in [0.717, 1.165) is 12.1 Å². The molecule has 82 valence electrons. The van der Waals surface area contributed by atoms with Crippen LogP contribution in [0.15, 0.2) is 22.5 Å². The molecule has 0 aliphatic heterocycles. The third kappa shape index (κ3) is 9.71. The van der Waals surface area contributed by atoms with E-state index >= 15 is 0 Å². The monoisotopic (exact) mass is 239 g/mol. The Morgan fingerprint density at radius 1 is 1.43 bits per heavy atom. The van der Waals surface area contributed by atoms with Crippen LogP contribution in [0, 0.1) is 0 Å². The first-order valence-electron chi connectivity index (χ1n) is 4.34. The zero-order valence-electron chi connectivity index (χ0n) is 8.35. The van der Waals surface area contributed by atoms with Gasteiger partial charge < -0.3 is 4.74 Å². The molecule has 0 aromatic rings. The lowest BCUT2D eigenvalue weighted by molar-refractivity contribution is 0.0821. The zero-order valence-corrected chi connectivity index (χ0v) is 9.86. The van der Waals surface area contributed by atoms with Crippen LogP contribution >= 0.6 is 23.2 Å². The van der Waals surface area contributed by atoms with E-state index in [-0.39, 0.29) is 4.49 Å². The topological polar surface area (TPSA) is 30.5 Å². The van der Waals surface area contributed by atoms with Crippen LogP contribution in [-0.4, -0.2) is 13.2 Å². The summed E-state index contributed by atoms with van der Waals surface area (Å²) in [6.07, 6.45) is 4.13. The van der Waals surface area contributed by atoms with Crippen molar-refractivity contribution in [3.05, 3.63) is 22.5 Å². The Kier molecular flexibility index (Phi) is 8.94. The second-order valence-corrected chi connectivity index (χ2v) is 3.59. The first kappa shape index (κ1) is 13.6. The predicted molar refractivity (Wildman–Crippen MR) is 58.9 cm³/mol. The molecule has 0 heterocycles. The molecule has 0 aliphatic rings. The standard InChI is InChI=1S/C9H15Cl2NO2/c1-3-5-13-7-8(2)12-14-6-4-9(10)11/h4,7,12H,3,5-6H2,1-2H3. The highest BCUT2D eigenvalue weighted by Gasteiger charge is 1.88. The predicted octanol–water partition coefficient (Wildman–Crippen LogP) is 3.11. The molecule has 0 amide bonds. The van der Waals surface area contributed by atoms with Gasteiger partial charge in [0.1, 0.15) is 10.8 Å². The molecule has 0 spiro atoms. The third-order valence-electron chi connectivity index (χ3n) is 1.14. The average Bonchev–Trinajstić information content (AvgIpc) is 2.13. The fraction of sp³-hybridized carbons (Fsp3) is 0.556. The van der Waals surface area contributed by atoms with Gasteiger partial charge in [-0.25, -0.2) is 0 Å². The fourth-order valence-corrected chi connectivity index (χ4v) is 0.712. The van der Waals surface area contributed by atoms with Crippen LogP contribution < -0.4 is 5.48 Å². The van der Waals surface area contributed by atoms with Crippen molar-refractivity contribution >= 4 is 23.2 Å². The number of hydroxylamine groups is 1. The van der Waals surface area contributed by atoms with Gasteiger partial charge in [0.15, 0.2) is 0 Å². The quantitative estimate of drug-likeness (QED) is 0.421. The second kappa shape index (κ2) is 9.19. The zero-order chi connectivity index (χ0) is 10.8. The lowest BCUT2D eigenvalue weighted by atomic mass is 10.5. The van der Waals surface area contributed by atoms with E-state index in [2.05, 4.69) is 5.48 Å². The van der Waals surface area contributed by atoms with Crippen LogP contribution in [0.5, 0.6) is 0 Å². The molecule has 3 nitrogen and oxygen atoms in total. The Bertz CT molecular complexity index is 201. The van der Waals surface area contributed by atoms with Crippen LogP contribution in [0.3, 0.4) is 0 Å². The summed E-state index contributed by atoms with van der Waals surface area (Å²) < 4.78 is 5.34. The van der Waals surface area contributed by atoms with Gasteiger partial charge in [0, 0.05) is 0 Å². The van der Waals surface area contributed by atoms with Gasteiger partial charge in [-0.3, -0.25) is 10.3 Å². The minimum Gasteiger partial charge on any atom is -0.499 e. The molecule has 0 rings (SSSR count). The largest absolute Gasteiger partial charge is 0.499 e. The summed E-state index contributed by atoms with van der Waals surface area (Å²) >= 11 is 10.7. The molecule has 0 saturated carbocycles. The summed E-state index contributed by atoms with van der Waals surface area (Å²) in [7, 11) is 0. The SMILES string of the molecule is CCCOC=C(C)NOCC=C(Cl)Cl. The molecule has 0 fully saturated rings. The van der Waals surface area contributed by atoms with Crippen molar-refractivity contribution in [3.63, 3.8) is 0 Å². The van der Waals surface area contributed by atoms with Gasteiger partial charge in [-0.05, 0) is 19.4 Å². The van der Waals surface area contributed by atoms with E-state index in [1.807, 2.05) is 13.8 Å². The Labute approximate surface area is 94.6 Å². The van der Waals surface area contributed by atoms with Crippen LogP contribution in [0.4, 0.5) is 0 Å². The third-order valence-corrected chi connectivity index (χ3v) is 1.44. The molecular formula is C9H15Cl2NO2. The van der Waals surface area contributed by atoms with Crippen molar-refractivity contribution < 1.29 is 9.57 Å². The summed E-state index contributed by atoms with van der Waals surface area (Å²) in [5.41, 5.74) is 3.46. The van der Waals surface area contributed by atoms with Gasteiger partial charge in [-0.1, -0.05) is 30.1 Å². The lowest BCUT2D eigenvalue weighted by Gasteiger charge is -2.05. The van der Waals surface area contributed by atoms with Gasteiger partial charge in [-0.2, -0.15) is 0 Å². The molecule has 0 aliphatic carbocycles. The van der Waals surface area contributed by atoms with E-state index in [0.29, 0.717) is 13.2 Å². The van der Waals surface area contributed by atoms with Crippen molar-refractivity contribution in [1.82, 2.24) is 5.48 Å². The molecule has 0 bridgehead atoms. The number of nitrogens with one attached hydrogen (secondary N) is 1. The van der Waals surface area contributed by atoms with E-state index < -0.39 is 0 Å². The van der Waals surface area contributed by atoms with Crippen LogP contribution in [0.25, 0.3) is 0 Å². The molecule has 0 aromatic carbocycles. The Hall–Kier alpha value is -0.380. The van der Waals surface area contributed by atoms with Gasteiger partial charge in [-0.15, -0.1) is 0 Å². The number of hydrogen-bond donors (Lipinski definition) is 1. The minimum atomic E-state index is 0.190. The van der Waals surface area contributed by atoms with Gasteiger partial charge in [0.05, 0.1) is 18.9 Å². The molecule has 0 radical (unpaired) electrons. The maximum atomic E-state index is 5.37. The highest BCUT2D eigenvalue weighted by atomic mass is 35.5. The summed E-state index contributed by atoms with van der Waals surface area (Å²) in [4.78, 5) is 4.99. The molecule has 0 saturated heterocycles. The fourth-order valence-electron chi connectivity index (χ4n) is 0.586. The number of allylic oxidation sites excluding steroid dienone is 1. The Balaban J connectivity index is 3.48. The number of ether oxygens (including phenoxy) is 1. The first-order chi connectivity index (χ1) is 6.66. The van der Waals surface area contributed by atoms with E-state index in [9.17, 15) is 0 Å². The van der Waals surface area contributed by atoms with Crippen molar-refractivity contribution in [2.45, 2.75) is 20.3 Å². The number of hydrogen-bond acceptors (Lipinski definition) is 3. The van der Waals surface area contributed by atoms with Crippen LogP contribution in [0.2, 0.25) is 0 Å². The molecule has 0 atom stereocenters. The summed E-state index contributed by atoms with van der Waals surface area (Å²) in [6.45, 7) is 4.88. The highest BCUT2D eigenvalue weighted by molar-refractivity contribution is 6.55. The van der Waals surface area contributed by atoms with E-state index in [4.69, 9.17) is 32.8 Å².